The van der Waals surface area contributed by atoms with Crippen LogP contribution in [0.1, 0.15) is 12.5 Å². The molecule has 1 N–H and O–H groups in total. The second-order valence-electron chi connectivity index (χ2n) is 6.13. The van der Waals surface area contributed by atoms with Crippen molar-refractivity contribution in [2.45, 2.75) is 6.92 Å². The van der Waals surface area contributed by atoms with Crippen molar-refractivity contribution in [2.24, 2.45) is 4.99 Å². The Kier molecular flexibility index (Phi) is 5.22. The van der Waals surface area contributed by atoms with Crippen LogP contribution in [0.25, 0.3) is 10.2 Å². The lowest BCUT2D eigenvalue weighted by atomic mass is 10.2. The van der Waals surface area contributed by atoms with E-state index in [1.54, 1.807) is 23.6 Å². The number of anilines is 1. The summed E-state index contributed by atoms with van der Waals surface area (Å²) in [5, 5.41) is 11.3. The Bertz CT molecular complexity index is 964. The fourth-order valence-electron chi connectivity index (χ4n) is 2.93. The lowest BCUT2D eigenvalue weighted by Gasteiger charge is -2.25. The SMILES string of the molecule is CCOc1cccc(C=Nc2ccc3nc(N4CCOCC4)sc3c2)c1O. The number of aromatic hydroxyl groups is 1. The van der Waals surface area contributed by atoms with Crippen LogP contribution < -0.4 is 9.64 Å². The molecular weight excluding hydrogens is 362 g/mol. The van der Waals surface area contributed by atoms with E-state index in [9.17, 15) is 5.11 Å². The third-order valence-electron chi connectivity index (χ3n) is 4.33. The molecule has 2 aromatic carbocycles. The molecular formula is C20H21N3O3S. The Labute approximate surface area is 161 Å². The van der Waals surface area contributed by atoms with Crippen molar-refractivity contribution in [3.63, 3.8) is 0 Å². The molecule has 0 radical (unpaired) electrons. The number of para-hydroxylation sites is 1. The normalized spacial score (nSPS) is 14.9. The molecule has 140 valence electrons. The van der Waals surface area contributed by atoms with E-state index in [0.717, 1.165) is 47.3 Å². The van der Waals surface area contributed by atoms with Crippen molar-refractivity contribution in [1.29, 1.82) is 0 Å². The number of thiazole rings is 1. The minimum atomic E-state index is 0.108. The van der Waals surface area contributed by atoms with Crippen molar-refractivity contribution >= 4 is 38.6 Å². The highest BCUT2D eigenvalue weighted by Crippen LogP contribution is 2.33. The third kappa shape index (κ3) is 3.89. The predicted molar refractivity (Wildman–Crippen MR) is 109 cm³/mol. The number of nitrogens with zero attached hydrogens (tertiary/aromatic N) is 3. The molecule has 0 amide bonds. The molecule has 7 heteroatoms. The topological polar surface area (TPSA) is 67.2 Å². The van der Waals surface area contributed by atoms with Crippen molar-refractivity contribution in [1.82, 2.24) is 4.98 Å². The fourth-order valence-corrected chi connectivity index (χ4v) is 3.98. The van der Waals surface area contributed by atoms with Gasteiger partial charge in [0.1, 0.15) is 0 Å². The zero-order chi connectivity index (χ0) is 18.6. The molecule has 27 heavy (non-hydrogen) atoms. The standard InChI is InChI=1S/C20H21N3O3S/c1-2-26-17-5-3-4-14(19(17)24)13-21-15-6-7-16-18(12-15)27-20(22-16)23-8-10-25-11-9-23/h3-7,12-13,24H,2,8-11H2,1H3. The number of morpholine rings is 1. The summed E-state index contributed by atoms with van der Waals surface area (Å²) in [4.78, 5) is 11.5. The van der Waals surface area contributed by atoms with Gasteiger partial charge < -0.3 is 19.5 Å². The lowest BCUT2D eigenvalue weighted by Crippen LogP contribution is -2.36. The molecule has 0 aliphatic carbocycles. The van der Waals surface area contributed by atoms with E-state index in [1.807, 2.05) is 37.3 Å². The van der Waals surface area contributed by atoms with Crippen molar-refractivity contribution < 1.29 is 14.6 Å². The van der Waals surface area contributed by atoms with E-state index in [1.165, 1.54) is 0 Å². The van der Waals surface area contributed by atoms with Crippen LogP contribution in [0.4, 0.5) is 10.8 Å². The minimum Gasteiger partial charge on any atom is -0.504 e. The van der Waals surface area contributed by atoms with Crippen LogP contribution in [0, 0.1) is 0 Å². The second kappa shape index (κ2) is 7.94. The number of phenolic OH excluding ortho intramolecular Hbond substituents is 1. The number of ether oxygens (including phenoxy) is 2. The minimum absolute atomic E-state index is 0.108. The number of aliphatic imine (C=N–C) groups is 1. The average molecular weight is 383 g/mol. The van der Waals surface area contributed by atoms with Gasteiger partial charge in [0.25, 0.3) is 0 Å². The van der Waals surface area contributed by atoms with Gasteiger partial charge in [0.05, 0.1) is 35.7 Å². The van der Waals surface area contributed by atoms with Gasteiger partial charge in [-0.1, -0.05) is 17.4 Å². The highest BCUT2D eigenvalue weighted by Gasteiger charge is 2.15. The van der Waals surface area contributed by atoms with Crippen molar-refractivity contribution in [2.75, 3.05) is 37.8 Å². The van der Waals surface area contributed by atoms with Gasteiger partial charge in [0, 0.05) is 24.9 Å². The molecule has 3 aromatic rings. The zero-order valence-electron chi connectivity index (χ0n) is 15.1. The first-order chi connectivity index (χ1) is 13.2. The number of hydrogen-bond donors (Lipinski definition) is 1. The summed E-state index contributed by atoms with van der Waals surface area (Å²) in [6, 6.07) is 11.3. The van der Waals surface area contributed by atoms with E-state index in [4.69, 9.17) is 14.5 Å². The molecule has 1 aliphatic heterocycles. The number of phenols is 1. The van der Waals surface area contributed by atoms with Crippen LogP contribution in [-0.2, 0) is 4.74 Å². The lowest BCUT2D eigenvalue weighted by molar-refractivity contribution is 0.122. The first kappa shape index (κ1) is 17.8. The van der Waals surface area contributed by atoms with Crippen molar-refractivity contribution in [3.05, 3.63) is 42.0 Å². The molecule has 1 aromatic heterocycles. The Balaban J connectivity index is 1.57. The summed E-state index contributed by atoms with van der Waals surface area (Å²) in [6.07, 6.45) is 1.66. The maximum Gasteiger partial charge on any atom is 0.186 e. The van der Waals surface area contributed by atoms with E-state index in [2.05, 4.69) is 9.89 Å². The molecule has 6 nitrogen and oxygen atoms in total. The summed E-state index contributed by atoms with van der Waals surface area (Å²) in [6.45, 7) is 5.63. The second-order valence-corrected chi connectivity index (χ2v) is 7.14. The molecule has 4 rings (SSSR count). The van der Waals surface area contributed by atoms with E-state index >= 15 is 0 Å². The Morgan fingerprint density at radius 1 is 1.30 bits per heavy atom. The quantitative estimate of drug-likeness (QED) is 0.675. The maximum atomic E-state index is 10.3. The van der Waals surface area contributed by atoms with Gasteiger partial charge in [-0.25, -0.2) is 4.98 Å². The largest absolute Gasteiger partial charge is 0.504 e. The molecule has 0 bridgehead atoms. The molecule has 2 heterocycles. The average Bonchev–Trinajstić information content (AvgIpc) is 3.13. The monoisotopic (exact) mass is 383 g/mol. The molecule has 1 saturated heterocycles. The molecule has 0 unspecified atom stereocenters. The number of aromatic nitrogens is 1. The van der Waals surface area contributed by atoms with Crippen LogP contribution in [0.5, 0.6) is 11.5 Å². The number of rotatable bonds is 5. The van der Waals surface area contributed by atoms with Crippen LogP contribution in [0.3, 0.4) is 0 Å². The van der Waals surface area contributed by atoms with Gasteiger partial charge in [0.2, 0.25) is 0 Å². The van der Waals surface area contributed by atoms with Crippen LogP contribution in [0.2, 0.25) is 0 Å². The van der Waals surface area contributed by atoms with Crippen LogP contribution >= 0.6 is 11.3 Å². The number of hydrogen-bond acceptors (Lipinski definition) is 7. The van der Waals surface area contributed by atoms with Gasteiger partial charge in [-0.05, 0) is 37.3 Å². The van der Waals surface area contributed by atoms with Gasteiger partial charge >= 0.3 is 0 Å². The summed E-state index contributed by atoms with van der Waals surface area (Å²) in [5.74, 6) is 0.575. The predicted octanol–water partition coefficient (Wildman–Crippen LogP) is 3.99. The van der Waals surface area contributed by atoms with E-state index in [-0.39, 0.29) is 5.75 Å². The highest BCUT2D eigenvalue weighted by atomic mass is 32.1. The van der Waals surface area contributed by atoms with Gasteiger partial charge in [-0.2, -0.15) is 0 Å². The maximum absolute atomic E-state index is 10.3. The number of fused-ring (bicyclic) bond motifs is 1. The van der Waals surface area contributed by atoms with Gasteiger partial charge in [-0.3, -0.25) is 4.99 Å². The Hall–Kier alpha value is -2.64. The number of benzene rings is 2. The first-order valence-corrected chi connectivity index (χ1v) is 9.78. The first-order valence-electron chi connectivity index (χ1n) is 8.96. The van der Waals surface area contributed by atoms with E-state index < -0.39 is 0 Å². The fraction of sp³-hybridized carbons (Fsp3) is 0.300. The molecule has 0 atom stereocenters. The smallest absolute Gasteiger partial charge is 0.186 e. The third-order valence-corrected chi connectivity index (χ3v) is 5.40. The molecule has 0 saturated carbocycles. The summed E-state index contributed by atoms with van der Waals surface area (Å²) in [7, 11) is 0. The molecule has 1 aliphatic rings. The van der Waals surface area contributed by atoms with E-state index in [0.29, 0.717) is 17.9 Å². The zero-order valence-corrected chi connectivity index (χ0v) is 15.9. The van der Waals surface area contributed by atoms with Crippen LogP contribution in [-0.4, -0.2) is 49.2 Å². The highest BCUT2D eigenvalue weighted by molar-refractivity contribution is 7.22. The molecule has 1 fully saturated rings. The Morgan fingerprint density at radius 3 is 2.96 bits per heavy atom. The van der Waals surface area contributed by atoms with Crippen molar-refractivity contribution in [3.8, 4) is 11.5 Å². The Morgan fingerprint density at radius 2 is 2.15 bits per heavy atom. The molecule has 0 spiro atoms. The van der Waals surface area contributed by atoms with Gasteiger partial charge in [-0.15, -0.1) is 0 Å². The summed E-state index contributed by atoms with van der Waals surface area (Å²) >= 11 is 1.67. The van der Waals surface area contributed by atoms with Crippen LogP contribution in [0.15, 0.2) is 41.4 Å². The van der Waals surface area contributed by atoms with Gasteiger partial charge in [0.15, 0.2) is 16.6 Å². The summed E-state index contributed by atoms with van der Waals surface area (Å²) in [5.41, 5.74) is 2.42. The summed E-state index contributed by atoms with van der Waals surface area (Å²) < 4.78 is 11.9.